The second-order valence-electron chi connectivity index (χ2n) is 7.09. The van der Waals surface area contributed by atoms with E-state index in [1.54, 1.807) is 27.7 Å². The van der Waals surface area contributed by atoms with Gasteiger partial charge in [0.2, 0.25) is 0 Å². The summed E-state index contributed by atoms with van der Waals surface area (Å²) < 4.78 is 0. The van der Waals surface area contributed by atoms with Crippen LogP contribution in [0.3, 0.4) is 0 Å². The van der Waals surface area contributed by atoms with Gasteiger partial charge < -0.3 is 20.4 Å². The predicted molar refractivity (Wildman–Crippen MR) is 99.1 cm³/mol. The number of rotatable bonds is 11. The lowest BCUT2D eigenvalue weighted by molar-refractivity contribution is -0.0395. The summed E-state index contributed by atoms with van der Waals surface area (Å²) in [5.74, 6) is 0. The molecule has 6 heteroatoms. The van der Waals surface area contributed by atoms with E-state index in [2.05, 4.69) is 0 Å². The lowest BCUT2D eigenvalue weighted by Crippen LogP contribution is -2.50. The first kappa shape index (κ1) is 22.0. The van der Waals surface area contributed by atoms with Gasteiger partial charge in [-0.05, 0) is 33.3 Å². The quantitative estimate of drug-likeness (QED) is 0.440. The van der Waals surface area contributed by atoms with Gasteiger partial charge in [-0.1, -0.05) is 30.3 Å². The van der Waals surface area contributed by atoms with E-state index in [1.165, 1.54) is 0 Å². The molecule has 0 radical (unpaired) electrons. The van der Waals surface area contributed by atoms with Crippen molar-refractivity contribution in [2.24, 2.45) is 0 Å². The molecule has 4 unspecified atom stereocenters. The Morgan fingerprint density at radius 1 is 0.640 bits per heavy atom. The minimum Gasteiger partial charge on any atom is -0.392 e. The molecule has 1 aromatic carbocycles. The smallest absolute Gasteiger partial charge is 0.0889 e. The van der Waals surface area contributed by atoms with Gasteiger partial charge in [-0.2, -0.15) is 0 Å². The van der Waals surface area contributed by atoms with Crippen LogP contribution >= 0.6 is 0 Å². The van der Waals surface area contributed by atoms with Crippen molar-refractivity contribution in [3.8, 4) is 0 Å². The van der Waals surface area contributed by atoms with E-state index in [9.17, 15) is 20.4 Å². The fraction of sp³-hybridized carbons (Fsp3) is 0.684. The SMILES string of the molecule is CC(O)CN(CC(C)O)C(c1ccccc1)N(CC(C)O)CC(C)O. The van der Waals surface area contributed by atoms with Gasteiger partial charge in [-0.15, -0.1) is 0 Å². The number of benzene rings is 1. The van der Waals surface area contributed by atoms with Gasteiger partial charge in [-0.25, -0.2) is 0 Å². The van der Waals surface area contributed by atoms with Gasteiger partial charge in [0.05, 0.1) is 30.6 Å². The monoisotopic (exact) mass is 354 g/mol. The van der Waals surface area contributed by atoms with Gasteiger partial charge in [0.1, 0.15) is 0 Å². The van der Waals surface area contributed by atoms with Crippen molar-refractivity contribution in [2.75, 3.05) is 26.2 Å². The summed E-state index contributed by atoms with van der Waals surface area (Å²) in [7, 11) is 0. The van der Waals surface area contributed by atoms with Gasteiger partial charge in [-0.3, -0.25) is 9.80 Å². The molecule has 0 aliphatic heterocycles. The Kier molecular flexibility index (Phi) is 9.56. The van der Waals surface area contributed by atoms with Crippen LogP contribution in [0.25, 0.3) is 0 Å². The fourth-order valence-corrected chi connectivity index (χ4v) is 3.18. The first-order valence-corrected chi connectivity index (χ1v) is 8.96. The van der Waals surface area contributed by atoms with Gasteiger partial charge >= 0.3 is 0 Å². The molecule has 0 fully saturated rings. The fourth-order valence-electron chi connectivity index (χ4n) is 3.18. The molecule has 0 aliphatic carbocycles. The normalized spacial score (nSPS) is 18.2. The predicted octanol–water partition coefficient (Wildman–Crippen LogP) is 0.812. The third-order valence-electron chi connectivity index (χ3n) is 3.78. The molecule has 1 rings (SSSR count). The molecule has 0 saturated heterocycles. The first-order chi connectivity index (χ1) is 11.7. The molecule has 0 bridgehead atoms. The van der Waals surface area contributed by atoms with E-state index >= 15 is 0 Å². The summed E-state index contributed by atoms with van der Waals surface area (Å²) in [6.07, 6.45) is -2.53. The third kappa shape index (κ3) is 8.27. The number of aliphatic hydroxyl groups excluding tert-OH is 4. The zero-order valence-electron chi connectivity index (χ0n) is 15.8. The summed E-state index contributed by atoms with van der Waals surface area (Å²) >= 11 is 0. The topological polar surface area (TPSA) is 87.4 Å². The molecule has 0 spiro atoms. The van der Waals surface area contributed by atoms with Crippen LogP contribution in [0, 0.1) is 0 Å². The van der Waals surface area contributed by atoms with Crippen LogP contribution in [0.5, 0.6) is 0 Å². The van der Waals surface area contributed by atoms with Crippen molar-refractivity contribution >= 4 is 0 Å². The van der Waals surface area contributed by atoms with Crippen molar-refractivity contribution in [1.82, 2.24) is 9.80 Å². The Morgan fingerprint density at radius 3 is 1.24 bits per heavy atom. The molecule has 25 heavy (non-hydrogen) atoms. The zero-order chi connectivity index (χ0) is 19.0. The highest BCUT2D eigenvalue weighted by Crippen LogP contribution is 2.26. The van der Waals surface area contributed by atoms with E-state index in [1.807, 2.05) is 40.1 Å². The molecule has 4 atom stereocenters. The average molecular weight is 354 g/mol. The minimum absolute atomic E-state index is 0.269. The molecule has 0 heterocycles. The van der Waals surface area contributed by atoms with E-state index in [-0.39, 0.29) is 6.17 Å². The number of nitrogens with zero attached hydrogens (tertiary/aromatic N) is 2. The van der Waals surface area contributed by atoms with E-state index in [4.69, 9.17) is 0 Å². The lowest BCUT2D eigenvalue weighted by Gasteiger charge is -2.42. The average Bonchev–Trinajstić information content (AvgIpc) is 2.45. The minimum atomic E-state index is -0.565. The maximum atomic E-state index is 9.94. The van der Waals surface area contributed by atoms with Crippen molar-refractivity contribution in [2.45, 2.75) is 58.3 Å². The molecule has 0 amide bonds. The summed E-state index contributed by atoms with van der Waals surface area (Å²) in [5.41, 5.74) is 0.991. The zero-order valence-corrected chi connectivity index (χ0v) is 15.8. The summed E-state index contributed by atoms with van der Waals surface area (Å²) in [4.78, 5) is 3.99. The summed E-state index contributed by atoms with van der Waals surface area (Å²) in [6.45, 7) is 8.35. The van der Waals surface area contributed by atoms with Crippen LogP contribution < -0.4 is 0 Å². The summed E-state index contributed by atoms with van der Waals surface area (Å²) in [6, 6.07) is 9.78. The number of hydrogen-bond acceptors (Lipinski definition) is 6. The molecular formula is C19H34N2O4. The van der Waals surface area contributed by atoms with Crippen LogP contribution in [0.2, 0.25) is 0 Å². The second-order valence-corrected chi connectivity index (χ2v) is 7.09. The molecule has 4 N–H and O–H groups in total. The van der Waals surface area contributed by atoms with Crippen molar-refractivity contribution < 1.29 is 20.4 Å². The first-order valence-electron chi connectivity index (χ1n) is 8.96. The summed E-state index contributed by atoms with van der Waals surface area (Å²) in [5, 5.41) is 39.7. The van der Waals surface area contributed by atoms with Crippen LogP contribution in [0.1, 0.15) is 39.4 Å². The van der Waals surface area contributed by atoms with E-state index in [0.717, 1.165) is 5.56 Å². The maximum absolute atomic E-state index is 9.94. The molecule has 0 aromatic heterocycles. The Morgan fingerprint density at radius 2 is 0.960 bits per heavy atom. The van der Waals surface area contributed by atoms with Crippen molar-refractivity contribution in [3.05, 3.63) is 35.9 Å². The highest BCUT2D eigenvalue weighted by molar-refractivity contribution is 5.19. The number of aliphatic hydroxyl groups is 4. The van der Waals surface area contributed by atoms with Crippen LogP contribution in [-0.4, -0.2) is 80.8 Å². The Balaban J connectivity index is 3.26. The van der Waals surface area contributed by atoms with Crippen molar-refractivity contribution in [3.63, 3.8) is 0 Å². The Hall–Kier alpha value is -1.02. The van der Waals surface area contributed by atoms with Crippen LogP contribution in [-0.2, 0) is 0 Å². The highest BCUT2D eigenvalue weighted by Gasteiger charge is 2.30. The standard InChI is InChI=1S/C19H34N2O4/c1-14(22)10-20(11-15(2)23)19(18-8-6-5-7-9-18)21(12-16(3)24)13-17(4)25/h5-9,14-17,19,22-25H,10-13H2,1-4H3. The Bertz CT molecular complexity index is 422. The molecular weight excluding hydrogens is 320 g/mol. The molecule has 6 nitrogen and oxygen atoms in total. The molecule has 144 valence electrons. The van der Waals surface area contributed by atoms with E-state index in [0.29, 0.717) is 26.2 Å². The molecule has 1 aromatic rings. The molecule has 0 saturated carbocycles. The molecule has 0 aliphatic rings. The van der Waals surface area contributed by atoms with E-state index < -0.39 is 24.4 Å². The van der Waals surface area contributed by atoms with Crippen LogP contribution in [0.4, 0.5) is 0 Å². The van der Waals surface area contributed by atoms with Gasteiger partial charge in [0, 0.05) is 26.2 Å². The Labute approximate surface area is 151 Å². The van der Waals surface area contributed by atoms with Gasteiger partial charge in [0.25, 0.3) is 0 Å². The lowest BCUT2D eigenvalue weighted by atomic mass is 10.1. The maximum Gasteiger partial charge on any atom is 0.0889 e. The number of hydrogen-bond donors (Lipinski definition) is 4. The third-order valence-corrected chi connectivity index (χ3v) is 3.78. The van der Waals surface area contributed by atoms with Crippen molar-refractivity contribution in [1.29, 1.82) is 0 Å². The largest absolute Gasteiger partial charge is 0.392 e. The van der Waals surface area contributed by atoms with Gasteiger partial charge in [0.15, 0.2) is 0 Å². The second kappa shape index (κ2) is 10.9. The van der Waals surface area contributed by atoms with Crippen LogP contribution in [0.15, 0.2) is 30.3 Å². The highest BCUT2D eigenvalue weighted by atomic mass is 16.3.